The number of carbonyl (C=O) groups is 1. The molecule has 0 unspecified atom stereocenters. The fraction of sp³-hybridized carbons (Fsp3) is 0.0800. The molecule has 0 radical (unpaired) electrons. The van der Waals surface area contributed by atoms with E-state index in [2.05, 4.69) is 5.32 Å². The van der Waals surface area contributed by atoms with E-state index in [1.165, 1.54) is 24.3 Å². The van der Waals surface area contributed by atoms with Crippen molar-refractivity contribution >= 4 is 22.4 Å². The van der Waals surface area contributed by atoms with Crippen molar-refractivity contribution in [2.45, 2.75) is 6.61 Å². The standard InChI is InChI=1S/C25H20FNO3/c1-29-24-13-7-19(25(28)27-22-10-8-21(26)9-11-22)14-20(24)16-30-23-12-6-17-4-2-3-5-18(17)15-23/h2-15H,16H2,1H3,(H,27,28). The van der Waals surface area contributed by atoms with Crippen molar-refractivity contribution in [3.8, 4) is 11.5 Å². The predicted molar refractivity (Wildman–Crippen MR) is 116 cm³/mol. The smallest absolute Gasteiger partial charge is 0.255 e. The van der Waals surface area contributed by atoms with E-state index in [1.807, 2.05) is 42.5 Å². The molecule has 0 spiro atoms. The number of benzene rings is 4. The Morgan fingerprint density at radius 3 is 2.43 bits per heavy atom. The van der Waals surface area contributed by atoms with Crippen molar-refractivity contribution in [3.05, 3.63) is 102 Å². The number of hydrogen-bond donors (Lipinski definition) is 1. The van der Waals surface area contributed by atoms with Crippen LogP contribution in [0.25, 0.3) is 10.8 Å². The molecule has 1 N–H and O–H groups in total. The maximum absolute atomic E-state index is 13.1. The number of halogens is 1. The number of carbonyl (C=O) groups excluding carboxylic acids is 1. The Balaban J connectivity index is 1.51. The molecule has 0 fully saturated rings. The fourth-order valence-corrected chi connectivity index (χ4v) is 3.19. The van der Waals surface area contributed by atoms with Crippen LogP contribution in [0.2, 0.25) is 0 Å². The maximum atomic E-state index is 13.1. The summed E-state index contributed by atoms with van der Waals surface area (Å²) in [6.07, 6.45) is 0. The Labute approximate surface area is 173 Å². The molecule has 4 rings (SSSR count). The van der Waals surface area contributed by atoms with E-state index in [1.54, 1.807) is 25.3 Å². The number of methoxy groups -OCH3 is 1. The van der Waals surface area contributed by atoms with E-state index in [0.717, 1.165) is 22.1 Å². The third-order valence-corrected chi connectivity index (χ3v) is 4.76. The first-order valence-corrected chi connectivity index (χ1v) is 9.48. The van der Waals surface area contributed by atoms with E-state index < -0.39 is 0 Å². The lowest BCUT2D eigenvalue weighted by Gasteiger charge is -2.13. The molecule has 0 bridgehead atoms. The second-order valence-corrected chi connectivity index (χ2v) is 6.79. The molecule has 4 nitrogen and oxygen atoms in total. The van der Waals surface area contributed by atoms with Gasteiger partial charge in [0.25, 0.3) is 5.91 Å². The van der Waals surface area contributed by atoms with Gasteiger partial charge in [0.1, 0.15) is 23.9 Å². The molecule has 1 amide bonds. The summed E-state index contributed by atoms with van der Waals surface area (Å²) in [6, 6.07) is 24.7. The number of ether oxygens (including phenoxy) is 2. The van der Waals surface area contributed by atoms with Crippen molar-refractivity contribution in [1.82, 2.24) is 0 Å². The zero-order valence-corrected chi connectivity index (χ0v) is 16.4. The lowest BCUT2D eigenvalue weighted by Crippen LogP contribution is -2.12. The SMILES string of the molecule is COc1ccc(C(=O)Nc2ccc(F)cc2)cc1COc1ccc2ccccc2c1. The van der Waals surface area contributed by atoms with Crippen LogP contribution in [0.3, 0.4) is 0 Å². The van der Waals surface area contributed by atoms with Gasteiger partial charge in [-0.25, -0.2) is 4.39 Å². The minimum Gasteiger partial charge on any atom is -0.496 e. The average Bonchev–Trinajstić information content (AvgIpc) is 2.78. The Hall–Kier alpha value is -3.86. The Kier molecular flexibility index (Phi) is 5.61. The van der Waals surface area contributed by atoms with Gasteiger partial charge in [0, 0.05) is 16.8 Å². The van der Waals surface area contributed by atoms with Gasteiger partial charge in [0.15, 0.2) is 0 Å². The van der Waals surface area contributed by atoms with Crippen LogP contribution in [-0.2, 0) is 6.61 Å². The molecule has 0 aliphatic heterocycles. The van der Waals surface area contributed by atoms with E-state index in [4.69, 9.17) is 9.47 Å². The Bertz CT molecular complexity index is 1190. The first-order chi connectivity index (χ1) is 14.6. The van der Waals surface area contributed by atoms with Crippen LogP contribution in [0.15, 0.2) is 84.9 Å². The molecule has 0 saturated carbocycles. The number of rotatable bonds is 6. The number of anilines is 1. The number of nitrogens with one attached hydrogen (secondary N) is 1. The molecule has 4 aromatic carbocycles. The van der Waals surface area contributed by atoms with Crippen molar-refractivity contribution < 1.29 is 18.7 Å². The van der Waals surface area contributed by atoms with E-state index in [0.29, 0.717) is 17.0 Å². The summed E-state index contributed by atoms with van der Waals surface area (Å²) in [5, 5.41) is 4.99. The zero-order chi connectivity index (χ0) is 20.9. The fourth-order valence-electron chi connectivity index (χ4n) is 3.19. The van der Waals surface area contributed by atoms with E-state index in [-0.39, 0.29) is 18.3 Å². The molecule has 150 valence electrons. The molecule has 0 aliphatic rings. The van der Waals surface area contributed by atoms with Gasteiger partial charge in [-0.2, -0.15) is 0 Å². The number of amides is 1. The quantitative estimate of drug-likeness (QED) is 0.443. The van der Waals surface area contributed by atoms with Gasteiger partial charge >= 0.3 is 0 Å². The topological polar surface area (TPSA) is 47.6 Å². The third-order valence-electron chi connectivity index (χ3n) is 4.76. The molecular weight excluding hydrogens is 381 g/mol. The summed E-state index contributed by atoms with van der Waals surface area (Å²) in [5.41, 5.74) is 1.72. The van der Waals surface area contributed by atoms with Crippen LogP contribution in [0, 0.1) is 5.82 Å². The van der Waals surface area contributed by atoms with Gasteiger partial charge < -0.3 is 14.8 Å². The summed E-state index contributed by atoms with van der Waals surface area (Å²) in [6.45, 7) is 0.249. The van der Waals surface area contributed by atoms with Crippen LogP contribution in [0.4, 0.5) is 10.1 Å². The molecule has 4 aromatic rings. The average molecular weight is 401 g/mol. The monoisotopic (exact) mass is 401 g/mol. The first kappa shape index (κ1) is 19.5. The summed E-state index contributed by atoms with van der Waals surface area (Å²) < 4.78 is 24.4. The molecule has 0 aliphatic carbocycles. The van der Waals surface area contributed by atoms with Crippen molar-refractivity contribution in [2.24, 2.45) is 0 Å². The molecule has 5 heteroatoms. The highest BCUT2D eigenvalue weighted by atomic mass is 19.1. The number of hydrogen-bond acceptors (Lipinski definition) is 3. The normalized spacial score (nSPS) is 10.6. The van der Waals surface area contributed by atoms with E-state index in [9.17, 15) is 9.18 Å². The lowest BCUT2D eigenvalue weighted by molar-refractivity contribution is 0.102. The van der Waals surface area contributed by atoms with Gasteiger partial charge in [0.2, 0.25) is 0 Å². The second-order valence-electron chi connectivity index (χ2n) is 6.79. The summed E-state index contributed by atoms with van der Waals surface area (Å²) >= 11 is 0. The van der Waals surface area contributed by atoms with Gasteiger partial charge in [-0.3, -0.25) is 4.79 Å². The lowest BCUT2D eigenvalue weighted by atomic mass is 10.1. The van der Waals surface area contributed by atoms with Gasteiger partial charge in [-0.05, 0) is 65.4 Å². The van der Waals surface area contributed by atoms with Gasteiger partial charge in [-0.15, -0.1) is 0 Å². The Morgan fingerprint density at radius 1 is 0.900 bits per heavy atom. The van der Waals surface area contributed by atoms with Crippen molar-refractivity contribution in [3.63, 3.8) is 0 Å². The van der Waals surface area contributed by atoms with Crippen LogP contribution in [0.5, 0.6) is 11.5 Å². The molecule has 0 atom stereocenters. The second kappa shape index (κ2) is 8.66. The molecule has 30 heavy (non-hydrogen) atoms. The molecule has 0 saturated heterocycles. The highest BCUT2D eigenvalue weighted by molar-refractivity contribution is 6.04. The number of fused-ring (bicyclic) bond motifs is 1. The largest absolute Gasteiger partial charge is 0.496 e. The molecule has 0 heterocycles. The minimum absolute atomic E-state index is 0.249. The zero-order valence-electron chi connectivity index (χ0n) is 16.4. The van der Waals surface area contributed by atoms with Crippen LogP contribution in [0.1, 0.15) is 15.9 Å². The van der Waals surface area contributed by atoms with Crippen molar-refractivity contribution in [1.29, 1.82) is 0 Å². The highest BCUT2D eigenvalue weighted by Crippen LogP contribution is 2.25. The predicted octanol–water partition coefficient (Wildman–Crippen LogP) is 5.82. The first-order valence-electron chi connectivity index (χ1n) is 9.48. The van der Waals surface area contributed by atoms with Crippen LogP contribution >= 0.6 is 0 Å². The van der Waals surface area contributed by atoms with E-state index >= 15 is 0 Å². The third kappa shape index (κ3) is 4.41. The highest BCUT2D eigenvalue weighted by Gasteiger charge is 2.12. The summed E-state index contributed by atoms with van der Waals surface area (Å²) in [7, 11) is 1.58. The molecule has 0 aromatic heterocycles. The minimum atomic E-state index is -0.356. The maximum Gasteiger partial charge on any atom is 0.255 e. The van der Waals surface area contributed by atoms with Gasteiger partial charge in [0.05, 0.1) is 7.11 Å². The summed E-state index contributed by atoms with van der Waals surface area (Å²) in [4.78, 5) is 12.6. The van der Waals surface area contributed by atoms with Crippen LogP contribution < -0.4 is 14.8 Å². The van der Waals surface area contributed by atoms with Crippen molar-refractivity contribution in [2.75, 3.05) is 12.4 Å². The van der Waals surface area contributed by atoms with Gasteiger partial charge in [-0.1, -0.05) is 30.3 Å². The molecular formula is C25H20FNO3. The Morgan fingerprint density at radius 2 is 1.67 bits per heavy atom. The van der Waals surface area contributed by atoms with Crippen LogP contribution in [-0.4, -0.2) is 13.0 Å². The summed E-state index contributed by atoms with van der Waals surface area (Å²) in [5.74, 6) is 0.716.